The molecule has 7 heteroatoms. The summed E-state index contributed by atoms with van der Waals surface area (Å²) in [6.07, 6.45) is 3.22. The number of para-hydroxylation sites is 1. The molecule has 0 fully saturated rings. The number of hydrogen-bond acceptors (Lipinski definition) is 4. The second-order valence-corrected chi connectivity index (χ2v) is 8.32. The minimum Gasteiger partial charge on any atom is -0.496 e. The predicted octanol–water partition coefficient (Wildman–Crippen LogP) is 6.13. The summed E-state index contributed by atoms with van der Waals surface area (Å²) >= 11 is 6.26. The number of benzene rings is 3. The Morgan fingerprint density at radius 2 is 1.80 bits per heavy atom. The van der Waals surface area contributed by atoms with E-state index in [1.807, 2.05) is 90.5 Å². The fourth-order valence-corrected chi connectivity index (χ4v) is 3.75. The third-order valence-corrected chi connectivity index (χ3v) is 5.75. The SMILES string of the molecule is COc1ccc(/C=C/C(=O)Nc2cc(C)n(Cc3ccccc3Cl)n2)cc1COc1ccccc1. The number of nitrogens with one attached hydrogen (secondary N) is 1. The molecule has 1 aromatic heterocycles. The predicted molar refractivity (Wildman–Crippen MR) is 139 cm³/mol. The highest BCUT2D eigenvalue weighted by molar-refractivity contribution is 6.31. The lowest BCUT2D eigenvalue weighted by Gasteiger charge is -2.11. The lowest BCUT2D eigenvalue weighted by molar-refractivity contribution is -0.111. The molecule has 0 aliphatic rings. The molecule has 0 spiro atoms. The molecule has 0 radical (unpaired) electrons. The average molecular weight is 488 g/mol. The van der Waals surface area contributed by atoms with Crippen molar-refractivity contribution in [2.45, 2.75) is 20.1 Å². The van der Waals surface area contributed by atoms with E-state index in [0.29, 0.717) is 24.0 Å². The molecule has 0 bridgehead atoms. The summed E-state index contributed by atoms with van der Waals surface area (Å²) in [7, 11) is 1.62. The van der Waals surface area contributed by atoms with Gasteiger partial charge in [0, 0.05) is 28.4 Å². The highest BCUT2D eigenvalue weighted by Gasteiger charge is 2.09. The monoisotopic (exact) mass is 487 g/mol. The zero-order chi connectivity index (χ0) is 24.6. The molecule has 1 amide bonds. The van der Waals surface area contributed by atoms with Gasteiger partial charge in [-0.1, -0.05) is 54.1 Å². The van der Waals surface area contributed by atoms with E-state index in [9.17, 15) is 4.79 Å². The highest BCUT2D eigenvalue weighted by Crippen LogP contribution is 2.23. The third-order valence-electron chi connectivity index (χ3n) is 5.38. The zero-order valence-electron chi connectivity index (χ0n) is 19.6. The maximum atomic E-state index is 12.5. The standard InChI is InChI=1S/C28H26ClN3O3/c1-20-16-27(31-32(20)18-22-8-6-7-11-25(22)29)30-28(33)15-13-21-12-14-26(34-2)23(17-21)19-35-24-9-4-3-5-10-24/h3-17H,18-19H2,1-2H3,(H,30,31,33)/b15-13+. The van der Waals surface area contributed by atoms with E-state index in [-0.39, 0.29) is 5.91 Å². The Kier molecular flexibility index (Phi) is 7.85. The first-order valence-corrected chi connectivity index (χ1v) is 11.5. The van der Waals surface area contributed by atoms with Crippen LogP contribution in [0.3, 0.4) is 0 Å². The molecule has 4 rings (SSSR count). The lowest BCUT2D eigenvalue weighted by atomic mass is 10.1. The van der Waals surface area contributed by atoms with Crippen molar-refractivity contribution in [2.75, 3.05) is 12.4 Å². The number of carbonyl (C=O) groups is 1. The summed E-state index contributed by atoms with van der Waals surface area (Å²) in [6, 6.07) is 24.7. The van der Waals surface area contributed by atoms with E-state index in [1.54, 1.807) is 13.2 Å². The van der Waals surface area contributed by atoms with Crippen LogP contribution in [0.5, 0.6) is 11.5 Å². The van der Waals surface area contributed by atoms with Crippen LogP contribution in [0.4, 0.5) is 5.82 Å². The van der Waals surface area contributed by atoms with Gasteiger partial charge in [0.25, 0.3) is 0 Å². The quantitative estimate of drug-likeness (QED) is 0.288. The van der Waals surface area contributed by atoms with Crippen LogP contribution < -0.4 is 14.8 Å². The molecule has 0 saturated carbocycles. The van der Waals surface area contributed by atoms with Gasteiger partial charge in [0.15, 0.2) is 5.82 Å². The van der Waals surface area contributed by atoms with Crippen molar-refractivity contribution in [1.82, 2.24) is 9.78 Å². The molecule has 0 aliphatic heterocycles. The molecule has 178 valence electrons. The number of rotatable bonds is 9. The Bertz CT molecular complexity index is 1330. The molecular formula is C28H26ClN3O3. The first-order chi connectivity index (χ1) is 17.0. The Hall–Kier alpha value is -4.03. The van der Waals surface area contributed by atoms with E-state index in [0.717, 1.165) is 33.9 Å². The third kappa shape index (κ3) is 6.52. The maximum Gasteiger partial charge on any atom is 0.249 e. The van der Waals surface area contributed by atoms with Gasteiger partial charge in [-0.2, -0.15) is 5.10 Å². The smallest absolute Gasteiger partial charge is 0.249 e. The average Bonchev–Trinajstić information content (AvgIpc) is 3.21. The molecule has 4 aromatic rings. The molecule has 0 unspecified atom stereocenters. The van der Waals surface area contributed by atoms with Crippen molar-refractivity contribution in [3.8, 4) is 11.5 Å². The molecule has 0 saturated heterocycles. The van der Waals surface area contributed by atoms with E-state index >= 15 is 0 Å². The number of amides is 1. The number of anilines is 1. The van der Waals surface area contributed by atoms with Crippen LogP contribution >= 0.6 is 11.6 Å². The van der Waals surface area contributed by atoms with E-state index in [4.69, 9.17) is 21.1 Å². The summed E-state index contributed by atoms with van der Waals surface area (Å²) in [5, 5.41) is 7.99. The first-order valence-electron chi connectivity index (χ1n) is 11.1. The summed E-state index contributed by atoms with van der Waals surface area (Å²) in [4.78, 5) is 12.5. The summed E-state index contributed by atoms with van der Waals surface area (Å²) in [5.74, 6) is 1.71. The van der Waals surface area contributed by atoms with Gasteiger partial charge in [0.1, 0.15) is 18.1 Å². The number of aromatic nitrogens is 2. The minimum atomic E-state index is -0.273. The van der Waals surface area contributed by atoms with Gasteiger partial charge in [0.2, 0.25) is 5.91 Å². The molecule has 1 N–H and O–H groups in total. The van der Waals surface area contributed by atoms with Crippen molar-refractivity contribution < 1.29 is 14.3 Å². The van der Waals surface area contributed by atoms with Crippen LogP contribution in [-0.2, 0) is 17.9 Å². The van der Waals surface area contributed by atoms with Gasteiger partial charge in [-0.15, -0.1) is 0 Å². The number of aryl methyl sites for hydroxylation is 1. The highest BCUT2D eigenvalue weighted by atomic mass is 35.5. The first kappa shape index (κ1) is 24.1. The fraction of sp³-hybridized carbons (Fsp3) is 0.143. The Balaban J connectivity index is 1.40. The van der Waals surface area contributed by atoms with Gasteiger partial charge in [0.05, 0.1) is 13.7 Å². The number of halogens is 1. The topological polar surface area (TPSA) is 65.4 Å². The molecular weight excluding hydrogens is 462 g/mol. The van der Waals surface area contributed by atoms with Crippen molar-refractivity contribution in [3.63, 3.8) is 0 Å². The van der Waals surface area contributed by atoms with Gasteiger partial charge in [-0.3, -0.25) is 9.48 Å². The Morgan fingerprint density at radius 3 is 2.57 bits per heavy atom. The number of nitrogens with zero attached hydrogens (tertiary/aromatic N) is 2. The molecule has 1 heterocycles. The van der Waals surface area contributed by atoms with Crippen molar-refractivity contribution in [2.24, 2.45) is 0 Å². The van der Waals surface area contributed by atoms with Gasteiger partial charge in [-0.05, 0) is 54.5 Å². The van der Waals surface area contributed by atoms with Gasteiger partial charge < -0.3 is 14.8 Å². The maximum absolute atomic E-state index is 12.5. The van der Waals surface area contributed by atoms with Crippen LogP contribution in [-0.4, -0.2) is 22.8 Å². The molecule has 0 atom stereocenters. The number of carbonyl (C=O) groups excluding carboxylic acids is 1. The Morgan fingerprint density at radius 1 is 1.03 bits per heavy atom. The second kappa shape index (κ2) is 11.4. The largest absolute Gasteiger partial charge is 0.496 e. The van der Waals surface area contributed by atoms with E-state index < -0.39 is 0 Å². The van der Waals surface area contributed by atoms with Crippen LogP contribution in [0.25, 0.3) is 6.08 Å². The van der Waals surface area contributed by atoms with Crippen LogP contribution in [0.1, 0.15) is 22.4 Å². The normalized spacial score (nSPS) is 10.9. The van der Waals surface area contributed by atoms with Crippen molar-refractivity contribution in [1.29, 1.82) is 0 Å². The van der Waals surface area contributed by atoms with Gasteiger partial charge >= 0.3 is 0 Å². The molecule has 0 aliphatic carbocycles. The second-order valence-electron chi connectivity index (χ2n) is 7.92. The van der Waals surface area contributed by atoms with E-state index in [2.05, 4.69) is 10.4 Å². The summed E-state index contributed by atoms with van der Waals surface area (Å²) in [6.45, 7) is 2.81. The Labute approximate surface area is 209 Å². The van der Waals surface area contributed by atoms with Crippen LogP contribution in [0, 0.1) is 6.92 Å². The summed E-state index contributed by atoms with van der Waals surface area (Å²) in [5.41, 5.74) is 3.62. The summed E-state index contributed by atoms with van der Waals surface area (Å²) < 4.78 is 13.1. The lowest BCUT2D eigenvalue weighted by Crippen LogP contribution is -2.10. The minimum absolute atomic E-state index is 0.273. The molecule has 6 nitrogen and oxygen atoms in total. The zero-order valence-corrected chi connectivity index (χ0v) is 20.3. The molecule has 35 heavy (non-hydrogen) atoms. The molecule has 3 aromatic carbocycles. The number of ether oxygens (including phenoxy) is 2. The van der Waals surface area contributed by atoms with Crippen LogP contribution in [0.15, 0.2) is 84.9 Å². The van der Waals surface area contributed by atoms with Gasteiger partial charge in [-0.25, -0.2) is 0 Å². The van der Waals surface area contributed by atoms with Crippen LogP contribution in [0.2, 0.25) is 5.02 Å². The van der Waals surface area contributed by atoms with Crippen molar-refractivity contribution in [3.05, 3.63) is 112 Å². The number of hydrogen-bond donors (Lipinski definition) is 1. The van der Waals surface area contributed by atoms with Crippen molar-refractivity contribution >= 4 is 29.4 Å². The fourth-order valence-electron chi connectivity index (χ4n) is 3.55. The number of methoxy groups -OCH3 is 1. The van der Waals surface area contributed by atoms with E-state index in [1.165, 1.54) is 6.08 Å².